The summed E-state index contributed by atoms with van der Waals surface area (Å²) < 4.78 is 87.4. The molecule has 4 rings (SSSR count). The van der Waals surface area contributed by atoms with E-state index in [0.29, 0.717) is 24.7 Å². The Balaban J connectivity index is 1.98. The lowest BCUT2D eigenvalue weighted by molar-refractivity contribution is -0.181. The summed E-state index contributed by atoms with van der Waals surface area (Å²) in [5.41, 5.74) is 1.84. The molecular formula is C47H78N2O11P2Si. The Morgan fingerprint density at radius 2 is 1.16 bits per heavy atom. The summed E-state index contributed by atoms with van der Waals surface area (Å²) in [6.45, 7) is 42.6. The summed E-state index contributed by atoms with van der Waals surface area (Å²) in [6, 6.07) is 11.4. The van der Waals surface area contributed by atoms with E-state index in [1.54, 1.807) is 13.8 Å². The van der Waals surface area contributed by atoms with Crippen LogP contribution in [-0.4, -0.2) is 72.7 Å². The molecule has 0 saturated carbocycles. The standard InChI is InChI=1S/C47H78N2O11P2Si/c1-34(2)57-61(50,59-43(5,6)7)32-48(26-36-22-20-24-38-29-52-46(14,15)55-41(36)38)28-40(31-54-63(18,19)45(11,12)13)49(33-62(51,58-35(3)4)60-44(8,9)10)27-37-23-21-25-39-30-53-47(16,17)56-42(37)39/h20-25,40H,1,3,26-33H2,2,4-19H3. The van der Waals surface area contributed by atoms with Crippen LogP contribution in [0.25, 0.3) is 0 Å². The number of ether oxygens (including phenoxy) is 4. The number of benzene rings is 2. The minimum Gasteiger partial charge on any atom is -0.462 e. The predicted molar refractivity (Wildman–Crippen MR) is 253 cm³/mol. The Morgan fingerprint density at radius 1 is 0.730 bits per heavy atom. The molecule has 0 saturated heterocycles. The monoisotopic (exact) mass is 936 g/mol. The van der Waals surface area contributed by atoms with Gasteiger partial charge in [-0.15, -0.1) is 0 Å². The van der Waals surface area contributed by atoms with Crippen molar-refractivity contribution >= 4 is 23.5 Å². The lowest BCUT2D eigenvalue weighted by Crippen LogP contribution is -2.51. The zero-order valence-corrected chi connectivity index (χ0v) is 44.2. The van der Waals surface area contributed by atoms with Crippen LogP contribution < -0.4 is 9.47 Å². The molecular weight excluding hydrogens is 859 g/mol. The van der Waals surface area contributed by atoms with Crippen molar-refractivity contribution < 1.29 is 50.6 Å². The van der Waals surface area contributed by atoms with Gasteiger partial charge in [0.25, 0.3) is 0 Å². The van der Waals surface area contributed by atoms with Crippen LogP contribution >= 0.6 is 15.2 Å². The lowest BCUT2D eigenvalue weighted by Gasteiger charge is -2.42. The highest BCUT2D eigenvalue weighted by Gasteiger charge is 2.43. The fourth-order valence-electron chi connectivity index (χ4n) is 7.02. The summed E-state index contributed by atoms with van der Waals surface area (Å²) in [6.07, 6.45) is -0.271. The van der Waals surface area contributed by atoms with Crippen molar-refractivity contribution in [1.29, 1.82) is 0 Å². The van der Waals surface area contributed by atoms with Gasteiger partial charge in [0.05, 0.1) is 42.5 Å². The van der Waals surface area contributed by atoms with Crippen molar-refractivity contribution in [2.45, 2.75) is 177 Å². The van der Waals surface area contributed by atoms with Crippen LogP contribution in [0.1, 0.15) is 126 Å². The maximum atomic E-state index is 15.2. The molecule has 0 bridgehead atoms. The van der Waals surface area contributed by atoms with Gasteiger partial charge in [-0.3, -0.25) is 18.8 Å². The van der Waals surface area contributed by atoms with Gasteiger partial charge in [0.2, 0.25) is 11.6 Å². The molecule has 2 aromatic carbocycles. The second-order valence-electron chi connectivity index (χ2n) is 21.4. The lowest BCUT2D eigenvalue weighted by atomic mass is 10.1. The topological polar surface area (TPSA) is 124 Å². The van der Waals surface area contributed by atoms with Gasteiger partial charge in [-0.1, -0.05) is 70.3 Å². The summed E-state index contributed by atoms with van der Waals surface area (Å²) in [4.78, 5) is 4.13. The van der Waals surface area contributed by atoms with Gasteiger partial charge < -0.3 is 32.4 Å². The zero-order chi connectivity index (χ0) is 47.6. The Kier molecular flexibility index (Phi) is 16.7. The molecule has 3 unspecified atom stereocenters. The largest absolute Gasteiger partial charge is 0.462 e. The van der Waals surface area contributed by atoms with Gasteiger partial charge >= 0.3 is 15.2 Å². The van der Waals surface area contributed by atoms with E-state index >= 15 is 9.13 Å². The van der Waals surface area contributed by atoms with Crippen molar-refractivity contribution in [3.63, 3.8) is 0 Å². The van der Waals surface area contributed by atoms with E-state index in [-0.39, 0.29) is 55.4 Å². The Hall–Kier alpha value is -2.48. The Labute approximate surface area is 380 Å². The van der Waals surface area contributed by atoms with Crippen LogP contribution in [0.15, 0.2) is 61.1 Å². The van der Waals surface area contributed by atoms with Crippen molar-refractivity contribution in [2.75, 3.05) is 25.7 Å². The van der Waals surface area contributed by atoms with Gasteiger partial charge in [-0.2, -0.15) is 0 Å². The maximum Gasteiger partial charge on any atom is 0.393 e. The molecule has 0 aromatic heterocycles. The number of hydrogen-bond acceptors (Lipinski definition) is 13. The first-order valence-electron chi connectivity index (χ1n) is 21.9. The van der Waals surface area contributed by atoms with E-state index in [2.05, 4.69) is 51.9 Å². The highest BCUT2D eigenvalue weighted by Crippen LogP contribution is 2.56. The summed E-state index contributed by atoms with van der Waals surface area (Å²) in [5.74, 6) is 0.175. The van der Waals surface area contributed by atoms with Crippen molar-refractivity contribution in [2.24, 2.45) is 0 Å². The van der Waals surface area contributed by atoms with Gasteiger partial charge in [-0.05, 0) is 73.5 Å². The molecule has 0 fully saturated rings. The smallest absolute Gasteiger partial charge is 0.393 e. The number of para-hydroxylation sites is 2. The first-order valence-corrected chi connectivity index (χ1v) is 28.2. The van der Waals surface area contributed by atoms with Gasteiger partial charge in [0.15, 0.2) is 8.32 Å². The average molecular weight is 937 g/mol. The second-order valence-corrected chi connectivity index (χ2v) is 29.9. The SMILES string of the molecule is C=C(C)OP(=O)(CN(Cc1cccc2c1OC(C)(C)OC2)CC(CO[Si](C)(C)C(C)(C)C)N(Cc1cccc2c1OC(C)(C)OC2)CP(=O)(OC(=C)C)OC(C)(C)C)OC(C)(C)C. The fraction of sp³-hybridized carbons (Fsp3) is 0.660. The third-order valence-electron chi connectivity index (χ3n) is 10.5. The minimum atomic E-state index is -3.97. The molecule has 0 radical (unpaired) electrons. The van der Waals surface area contributed by atoms with Crippen molar-refractivity contribution in [3.05, 3.63) is 83.3 Å². The Morgan fingerprint density at radius 3 is 1.57 bits per heavy atom. The third kappa shape index (κ3) is 16.1. The molecule has 2 aliphatic heterocycles. The van der Waals surface area contributed by atoms with Crippen LogP contribution in [0.2, 0.25) is 18.1 Å². The maximum absolute atomic E-state index is 15.2. The minimum absolute atomic E-state index is 0.126. The Bertz CT molecular complexity index is 2030. The van der Waals surface area contributed by atoms with Crippen LogP contribution in [-0.2, 0) is 67.4 Å². The third-order valence-corrected chi connectivity index (χ3v) is 19.3. The molecule has 0 N–H and O–H groups in total. The summed E-state index contributed by atoms with van der Waals surface area (Å²) in [7, 11) is -10.3. The number of nitrogens with zero attached hydrogens (tertiary/aromatic N) is 2. The van der Waals surface area contributed by atoms with Gasteiger partial charge in [0.1, 0.15) is 24.1 Å². The van der Waals surface area contributed by atoms with Crippen LogP contribution in [0, 0.1) is 0 Å². The van der Waals surface area contributed by atoms with E-state index in [4.69, 9.17) is 41.5 Å². The molecule has 2 aromatic rings. The first-order chi connectivity index (χ1) is 28.6. The molecule has 3 atom stereocenters. The van der Waals surface area contributed by atoms with E-state index in [1.165, 1.54) is 0 Å². The van der Waals surface area contributed by atoms with E-state index < -0.39 is 52.3 Å². The van der Waals surface area contributed by atoms with Crippen LogP contribution in [0.3, 0.4) is 0 Å². The molecule has 2 aliphatic rings. The second kappa shape index (κ2) is 19.8. The summed E-state index contributed by atoms with van der Waals surface area (Å²) in [5, 5.41) is -0.130. The number of allylic oxidation sites excluding steroid dienone is 2. The number of fused-ring (bicyclic) bond motifs is 2. The van der Waals surface area contributed by atoms with Crippen LogP contribution in [0.5, 0.6) is 11.5 Å². The number of hydrogen-bond donors (Lipinski definition) is 0. The van der Waals surface area contributed by atoms with Crippen molar-refractivity contribution in [3.8, 4) is 11.5 Å². The molecule has 2 heterocycles. The molecule has 16 heteroatoms. The molecule has 63 heavy (non-hydrogen) atoms. The molecule has 0 amide bonds. The van der Waals surface area contributed by atoms with Gasteiger partial charge in [0, 0.05) is 75.6 Å². The molecule has 13 nitrogen and oxygen atoms in total. The normalized spacial score (nSPS) is 18.8. The molecule has 0 aliphatic carbocycles. The summed E-state index contributed by atoms with van der Waals surface area (Å²) >= 11 is 0. The van der Waals surface area contributed by atoms with Crippen LogP contribution in [0.4, 0.5) is 0 Å². The van der Waals surface area contributed by atoms with E-state index in [0.717, 1.165) is 22.3 Å². The molecule has 356 valence electrons. The zero-order valence-electron chi connectivity index (χ0n) is 41.4. The molecule has 0 spiro atoms. The fourth-order valence-corrected chi connectivity index (χ4v) is 12.5. The van der Waals surface area contributed by atoms with Gasteiger partial charge in [-0.25, -0.2) is 9.13 Å². The number of rotatable bonds is 20. The predicted octanol–water partition coefficient (Wildman–Crippen LogP) is 12.7. The first kappa shape index (κ1) is 53.1. The van der Waals surface area contributed by atoms with E-state index in [1.807, 2.05) is 111 Å². The highest BCUT2D eigenvalue weighted by molar-refractivity contribution is 7.54. The quantitative estimate of drug-likeness (QED) is 0.0711. The average Bonchev–Trinajstić information content (AvgIpc) is 3.06. The highest BCUT2D eigenvalue weighted by atomic mass is 31.2. The van der Waals surface area contributed by atoms with Crippen molar-refractivity contribution in [1.82, 2.24) is 9.80 Å². The van der Waals surface area contributed by atoms with E-state index in [9.17, 15) is 0 Å².